The molecule has 4 aliphatic rings. The topological polar surface area (TPSA) is 155 Å². The Bertz CT molecular complexity index is 3290. The molecule has 1 saturated heterocycles. The average Bonchev–Trinajstić information content (AvgIpc) is 4.01. The minimum atomic E-state index is -0.730. The molecule has 0 bridgehead atoms. The number of imidazole rings is 1. The van der Waals surface area contributed by atoms with Crippen molar-refractivity contribution in [2.45, 2.75) is 82.7 Å². The van der Waals surface area contributed by atoms with E-state index in [0.29, 0.717) is 101 Å². The number of hydrogen-bond acceptors (Lipinski definition) is 8. The lowest BCUT2D eigenvalue weighted by atomic mass is 9.90. The van der Waals surface area contributed by atoms with Crippen LogP contribution < -0.4 is 11.4 Å². The molecule has 8 heterocycles. The molecule has 320 valence electrons. The summed E-state index contributed by atoms with van der Waals surface area (Å²) in [6, 6.07) is 11.2. The maximum Gasteiger partial charge on any atom is 0.438 e. The molecule has 15 nitrogen and oxygen atoms in total. The van der Waals surface area contributed by atoms with Crippen LogP contribution in [0.5, 0.6) is 0 Å². The van der Waals surface area contributed by atoms with E-state index < -0.39 is 22.7 Å². The minimum absolute atomic E-state index is 0.0718. The number of aromatic nitrogens is 9. The average molecular weight is 853 g/mol. The summed E-state index contributed by atoms with van der Waals surface area (Å²) in [5, 5.41) is 13.9. The van der Waals surface area contributed by atoms with Crippen LogP contribution >= 0.6 is 0 Å². The van der Waals surface area contributed by atoms with Crippen LogP contribution in [0.15, 0.2) is 81.5 Å². The molecule has 2 aliphatic carbocycles. The smallest absolute Gasteiger partial charge is 0.381 e. The molecule has 1 amide bonds. The molecule has 1 N–H and O–H groups in total. The highest BCUT2D eigenvalue weighted by Crippen LogP contribution is 2.55. The number of benzene rings is 2. The third-order valence-corrected chi connectivity index (χ3v) is 13.7. The van der Waals surface area contributed by atoms with Crippen molar-refractivity contribution in [2.24, 2.45) is 0 Å². The number of halogens is 2. The number of pyridine rings is 1. The van der Waals surface area contributed by atoms with E-state index in [1.54, 1.807) is 53.9 Å². The van der Waals surface area contributed by atoms with Crippen LogP contribution in [0.3, 0.4) is 0 Å². The largest absolute Gasteiger partial charge is 0.438 e. The van der Waals surface area contributed by atoms with E-state index in [9.17, 15) is 9.59 Å². The molecule has 17 heteroatoms. The zero-order chi connectivity index (χ0) is 42.9. The Morgan fingerprint density at radius 1 is 0.921 bits per heavy atom. The fourth-order valence-electron chi connectivity index (χ4n) is 10.1. The Kier molecular flexibility index (Phi) is 8.30. The number of rotatable bonds is 8. The number of nitrogens with zero attached hydrogens (tertiary/aromatic N) is 9. The first-order valence-corrected chi connectivity index (χ1v) is 21.5. The Morgan fingerprint density at radius 3 is 2.41 bits per heavy atom. The molecule has 0 radical (unpaired) electrons. The van der Waals surface area contributed by atoms with E-state index in [2.05, 4.69) is 33.6 Å². The third-order valence-electron chi connectivity index (χ3n) is 13.7. The van der Waals surface area contributed by atoms with E-state index in [-0.39, 0.29) is 30.0 Å². The molecule has 8 aromatic rings. The summed E-state index contributed by atoms with van der Waals surface area (Å²) in [6.45, 7) is 5.15. The highest BCUT2D eigenvalue weighted by Gasteiger charge is 2.53. The fourth-order valence-corrected chi connectivity index (χ4v) is 10.1. The van der Waals surface area contributed by atoms with Crippen molar-refractivity contribution in [3.05, 3.63) is 145 Å². The Labute approximate surface area is 357 Å². The van der Waals surface area contributed by atoms with Crippen LogP contribution in [-0.4, -0.2) is 73.8 Å². The molecule has 63 heavy (non-hydrogen) atoms. The van der Waals surface area contributed by atoms with Crippen molar-refractivity contribution < 1.29 is 22.8 Å². The van der Waals surface area contributed by atoms with Crippen LogP contribution in [0.25, 0.3) is 33.6 Å². The van der Waals surface area contributed by atoms with Crippen molar-refractivity contribution in [2.75, 3.05) is 19.8 Å². The molecular weight excluding hydrogens is 811 g/mol. The van der Waals surface area contributed by atoms with Crippen molar-refractivity contribution >= 4 is 22.3 Å². The monoisotopic (exact) mass is 852 g/mol. The van der Waals surface area contributed by atoms with Gasteiger partial charge in [0.2, 0.25) is 0 Å². The Balaban J connectivity index is 0.974. The number of amides is 1. The van der Waals surface area contributed by atoms with Crippen LogP contribution in [0.1, 0.15) is 100 Å². The van der Waals surface area contributed by atoms with Gasteiger partial charge < -0.3 is 14.0 Å². The summed E-state index contributed by atoms with van der Waals surface area (Å²) < 4.78 is 50.1. The summed E-state index contributed by atoms with van der Waals surface area (Å²) in [6.07, 6.45) is 14.0. The molecule has 6 aromatic heterocycles. The number of aromatic amines is 1. The standard InChI is InChI=1S/C46H42F2N10O5/c1-25-19-30(20-26(2)39(25)47)58-41(56-16-15-55(45(56)61)37-8-7-35-31(40(37)48)21-49-57(35)29-4-5-29)32-23-53(14-9-34(32)51-58)42(59)33-24-54-22-28(27-10-17-62-18-11-27)3-6-36(54)38(33)46(12-13-46)43-50-44(60)63-52-43/h3,6-8,15-16,19-22,24,27,29H,4-5,9-14,17-18,23H2,1-2H3,(H,50,52,60). The summed E-state index contributed by atoms with van der Waals surface area (Å²) in [4.78, 5) is 46.6. The number of nitrogens with one attached hydrogen (secondary N) is 1. The summed E-state index contributed by atoms with van der Waals surface area (Å²) in [5.74, 6) is -0.727. The Hall–Kier alpha value is -6.88. The third kappa shape index (κ3) is 5.85. The highest BCUT2D eigenvalue weighted by molar-refractivity contribution is 5.99. The number of carbonyl (C=O) groups excluding carboxylic acids is 1. The SMILES string of the molecule is Cc1cc(-n2nc3c(c2-n2ccn(-c4ccc5c(cnn5C5CC5)c4F)c2=O)CN(C(=O)c2cn4cc(C5CCOCC5)ccc4c2C2(c4noc(=O)[nH]4)CC2)CC3)cc(C)c1F. The van der Waals surface area contributed by atoms with Gasteiger partial charge in [0.05, 0.1) is 63.3 Å². The molecular formula is C46H42F2N10O5. The number of H-pyrrole nitrogens is 1. The first-order chi connectivity index (χ1) is 30.6. The molecule has 0 atom stereocenters. The predicted octanol–water partition coefficient (Wildman–Crippen LogP) is 6.49. The van der Waals surface area contributed by atoms with Crippen molar-refractivity contribution in [1.29, 1.82) is 0 Å². The van der Waals surface area contributed by atoms with E-state index in [0.717, 1.165) is 42.3 Å². The van der Waals surface area contributed by atoms with Gasteiger partial charge in [0.15, 0.2) is 11.6 Å². The second-order valence-electron chi connectivity index (χ2n) is 17.6. The van der Waals surface area contributed by atoms with Gasteiger partial charge in [0.1, 0.15) is 11.6 Å². The second kappa shape index (κ2) is 13.8. The Morgan fingerprint density at radius 2 is 1.68 bits per heavy atom. The van der Waals surface area contributed by atoms with Gasteiger partial charge in [-0.1, -0.05) is 11.2 Å². The van der Waals surface area contributed by atoms with Gasteiger partial charge in [-0.3, -0.25) is 28.1 Å². The zero-order valence-corrected chi connectivity index (χ0v) is 34.6. The van der Waals surface area contributed by atoms with E-state index in [1.165, 1.54) is 21.5 Å². The van der Waals surface area contributed by atoms with Crippen molar-refractivity contribution in [3.8, 4) is 17.2 Å². The van der Waals surface area contributed by atoms with Crippen LogP contribution in [0.2, 0.25) is 0 Å². The van der Waals surface area contributed by atoms with Gasteiger partial charge in [-0.2, -0.15) is 10.2 Å². The lowest BCUT2D eigenvalue weighted by Gasteiger charge is -2.27. The fraction of sp³-hybridized carbons (Fsp3) is 0.348. The summed E-state index contributed by atoms with van der Waals surface area (Å²) >= 11 is 0. The molecule has 3 fully saturated rings. The quantitative estimate of drug-likeness (QED) is 0.182. The minimum Gasteiger partial charge on any atom is -0.381 e. The van der Waals surface area contributed by atoms with Crippen LogP contribution in [-0.2, 0) is 23.1 Å². The summed E-state index contributed by atoms with van der Waals surface area (Å²) in [7, 11) is 0. The van der Waals surface area contributed by atoms with Gasteiger partial charge >= 0.3 is 11.4 Å². The van der Waals surface area contributed by atoms with Gasteiger partial charge in [-0.05, 0) is 105 Å². The van der Waals surface area contributed by atoms with Gasteiger partial charge in [-0.15, -0.1) is 0 Å². The highest BCUT2D eigenvalue weighted by atomic mass is 19.1. The van der Waals surface area contributed by atoms with E-state index in [4.69, 9.17) is 14.4 Å². The normalized spacial score (nSPS) is 17.6. The lowest BCUT2D eigenvalue weighted by Crippen LogP contribution is -2.37. The summed E-state index contributed by atoms with van der Waals surface area (Å²) in [5.41, 5.74) is 5.35. The van der Waals surface area contributed by atoms with E-state index >= 15 is 13.6 Å². The molecule has 2 aliphatic heterocycles. The van der Waals surface area contributed by atoms with Crippen LogP contribution in [0.4, 0.5) is 8.78 Å². The van der Waals surface area contributed by atoms with Gasteiger partial charge in [0.25, 0.3) is 5.91 Å². The molecule has 0 unspecified atom stereocenters. The van der Waals surface area contributed by atoms with Crippen molar-refractivity contribution in [1.82, 2.24) is 48.1 Å². The maximum atomic E-state index is 16.3. The second-order valence-corrected chi connectivity index (χ2v) is 17.6. The number of aryl methyl sites for hydroxylation is 2. The first kappa shape index (κ1) is 37.8. The maximum absolute atomic E-state index is 16.3. The number of carbonyl (C=O) groups is 1. The molecule has 2 aromatic carbocycles. The first-order valence-electron chi connectivity index (χ1n) is 21.5. The van der Waals surface area contributed by atoms with Gasteiger partial charge in [-0.25, -0.2) is 23.1 Å². The van der Waals surface area contributed by atoms with E-state index in [1.807, 2.05) is 15.3 Å². The number of fused-ring (bicyclic) bond motifs is 3. The lowest BCUT2D eigenvalue weighted by molar-refractivity contribution is 0.0733. The number of ether oxygens (including phenoxy) is 1. The number of hydrogen-bond donors (Lipinski definition) is 1. The molecule has 2 saturated carbocycles. The van der Waals surface area contributed by atoms with Crippen molar-refractivity contribution in [3.63, 3.8) is 0 Å². The zero-order valence-electron chi connectivity index (χ0n) is 34.6. The predicted molar refractivity (Wildman–Crippen MR) is 225 cm³/mol. The van der Waals surface area contributed by atoms with Gasteiger partial charge in [0, 0.05) is 62.1 Å². The van der Waals surface area contributed by atoms with Crippen LogP contribution in [0, 0.1) is 25.5 Å². The molecule has 12 rings (SSSR count). The molecule has 0 spiro atoms.